The molecule has 2 aliphatic heterocycles. The van der Waals surface area contributed by atoms with E-state index < -0.39 is 16.1 Å². The number of hydrogen-bond donors (Lipinski definition) is 0. The quantitative estimate of drug-likeness (QED) is 0.661. The Kier molecular flexibility index (Phi) is 4.22. The summed E-state index contributed by atoms with van der Waals surface area (Å²) in [6.45, 7) is 0.984. The lowest BCUT2D eigenvalue weighted by atomic mass is 10.2. The molecule has 1 saturated heterocycles. The highest BCUT2D eigenvalue weighted by molar-refractivity contribution is 7.89. The van der Waals surface area contributed by atoms with Gasteiger partial charge in [-0.2, -0.15) is 4.31 Å². The first-order valence-corrected chi connectivity index (χ1v) is 11.1. The van der Waals surface area contributed by atoms with Crippen molar-refractivity contribution in [1.82, 2.24) is 13.9 Å². The van der Waals surface area contributed by atoms with Crippen LogP contribution in [0.5, 0.6) is 5.75 Å². The van der Waals surface area contributed by atoms with E-state index in [4.69, 9.17) is 4.74 Å². The summed E-state index contributed by atoms with van der Waals surface area (Å²) in [5.74, 6) is 1.24. The fourth-order valence-electron chi connectivity index (χ4n) is 4.28. The highest BCUT2D eigenvalue weighted by Crippen LogP contribution is 2.37. The van der Waals surface area contributed by atoms with Crippen LogP contribution in [0.15, 0.2) is 52.2 Å². The van der Waals surface area contributed by atoms with E-state index in [1.54, 1.807) is 43.4 Å². The van der Waals surface area contributed by atoms with Gasteiger partial charge in [0.2, 0.25) is 10.0 Å². The largest absolute Gasteiger partial charge is 0.493 e. The minimum absolute atomic E-state index is 0.162. The average Bonchev–Trinajstić information content (AvgIpc) is 3.39. The summed E-state index contributed by atoms with van der Waals surface area (Å²) in [6.07, 6.45) is 2.06. The topological polar surface area (TPSA) is 81.5 Å². The lowest BCUT2D eigenvalue weighted by Gasteiger charge is -2.25. The van der Waals surface area contributed by atoms with Crippen LogP contribution in [0.1, 0.15) is 30.3 Å². The highest BCUT2D eigenvalue weighted by atomic mass is 32.2. The summed E-state index contributed by atoms with van der Waals surface area (Å²) in [4.78, 5) is 17.7. The van der Waals surface area contributed by atoms with Gasteiger partial charge >= 0.3 is 0 Å². The third kappa shape index (κ3) is 2.86. The van der Waals surface area contributed by atoms with Crippen LogP contribution in [0.4, 0.5) is 0 Å². The molecule has 150 valence electrons. The second kappa shape index (κ2) is 6.67. The monoisotopic (exact) mass is 411 g/mol. The Bertz CT molecular complexity index is 1280. The van der Waals surface area contributed by atoms with Crippen LogP contribution < -0.4 is 10.3 Å². The van der Waals surface area contributed by atoms with Crippen LogP contribution in [-0.2, 0) is 23.5 Å². The third-order valence-electron chi connectivity index (χ3n) is 5.79. The number of aromatic nitrogens is 2. The smallest absolute Gasteiger partial charge is 0.261 e. The van der Waals surface area contributed by atoms with E-state index in [1.165, 1.54) is 8.87 Å². The molecule has 0 aliphatic carbocycles. The summed E-state index contributed by atoms with van der Waals surface area (Å²) < 4.78 is 35.4. The normalized spacial score (nSPS) is 19.4. The van der Waals surface area contributed by atoms with Crippen molar-refractivity contribution in [2.75, 3.05) is 13.2 Å². The van der Waals surface area contributed by atoms with Crippen molar-refractivity contribution >= 4 is 20.9 Å². The molecule has 0 radical (unpaired) electrons. The Morgan fingerprint density at radius 2 is 2.00 bits per heavy atom. The molecule has 0 spiro atoms. The molecule has 1 atom stereocenters. The van der Waals surface area contributed by atoms with E-state index in [0.717, 1.165) is 17.7 Å². The number of ether oxygens (including phenoxy) is 1. The molecule has 8 heteroatoms. The first kappa shape index (κ1) is 18.3. The molecule has 1 fully saturated rings. The standard InChI is InChI=1S/C21H21N3O4S/c1-23-20(22-17-6-3-2-5-16(17)21(23)25)18-7-4-11-24(18)29(26,27)15-8-9-19-14(13-15)10-12-28-19/h2-3,5-6,8-9,13,18H,4,7,10-12H2,1H3. The maximum Gasteiger partial charge on any atom is 0.261 e. The Labute approximate surface area is 168 Å². The average molecular weight is 411 g/mol. The predicted octanol–water partition coefficient (Wildman–Crippen LogP) is 2.39. The van der Waals surface area contributed by atoms with E-state index >= 15 is 0 Å². The summed E-state index contributed by atoms with van der Waals surface area (Å²) in [6, 6.07) is 11.7. The molecule has 29 heavy (non-hydrogen) atoms. The van der Waals surface area contributed by atoms with Crippen molar-refractivity contribution in [3.05, 3.63) is 64.2 Å². The zero-order valence-electron chi connectivity index (χ0n) is 16.0. The first-order valence-electron chi connectivity index (χ1n) is 9.70. The minimum atomic E-state index is -3.72. The van der Waals surface area contributed by atoms with Gasteiger partial charge in [-0.25, -0.2) is 13.4 Å². The molecule has 0 amide bonds. The third-order valence-corrected chi connectivity index (χ3v) is 7.69. The van der Waals surface area contributed by atoms with Gasteiger partial charge in [-0.05, 0) is 48.7 Å². The second-order valence-corrected chi connectivity index (χ2v) is 9.38. The number of nitrogens with zero attached hydrogens (tertiary/aromatic N) is 3. The van der Waals surface area contributed by atoms with Gasteiger partial charge in [0, 0.05) is 20.0 Å². The highest BCUT2D eigenvalue weighted by Gasteiger charge is 2.38. The summed E-state index contributed by atoms with van der Waals surface area (Å²) in [5.41, 5.74) is 1.34. The van der Waals surface area contributed by atoms with Gasteiger partial charge in [-0.1, -0.05) is 12.1 Å². The van der Waals surface area contributed by atoms with Gasteiger partial charge in [0.05, 0.1) is 28.4 Å². The molecule has 0 N–H and O–H groups in total. The molecular weight excluding hydrogens is 390 g/mol. The molecule has 0 bridgehead atoms. The van der Waals surface area contributed by atoms with Gasteiger partial charge in [-0.15, -0.1) is 0 Å². The van der Waals surface area contributed by atoms with E-state index in [1.807, 2.05) is 6.07 Å². The van der Waals surface area contributed by atoms with Gasteiger partial charge in [-0.3, -0.25) is 9.36 Å². The molecule has 5 rings (SSSR count). The molecular formula is C21H21N3O4S. The lowest BCUT2D eigenvalue weighted by Crippen LogP contribution is -2.34. The number of para-hydroxylation sites is 1. The molecule has 2 aliphatic rings. The van der Waals surface area contributed by atoms with E-state index in [-0.39, 0.29) is 10.5 Å². The molecule has 7 nitrogen and oxygen atoms in total. The molecule has 2 aromatic carbocycles. The maximum atomic E-state index is 13.4. The van der Waals surface area contributed by atoms with E-state index in [2.05, 4.69) is 4.98 Å². The van der Waals surface area contributed by atoms with E-state index in [0.29, 0.717) is 42.7 Å². The van der Waals surface area contributed by atoms with Crippen LogP contribution in [0, 0.1) is 0 Å². The lowest BCUT2D eigenvalue weighted by molar-refractivity contribution is 0.356. The van der Waals surface area contributed by atoms with Crippen LogP contribution >= 0.6 is 0 Å². The summed E-state index contributed by atoms with van der Waals surface area (Å²) in [7, 11) is -2.06. The molecule has 3 aromatic rings. The molecule has 3 heterocycles. The van der Waals surface area contributed by atoms with Crippen molar-refractivity contribution in [3.63, 3.8) is 0 Å². The van der Waals surface area contributed by atoms with Crippen molar-refractivity contribution < 1.29 is 13.2 Å². The fraction of sp³-hybridized carbons (Fsp3) is 0.333. The van der Waals surface area contributed by atoms with Gasteiger partial charge in [0.25, 0.3) is 5.56 Å². The zero-order valence-corrected chi connectivity index (χ0v) is 16.9. The minimum Gasteiger partial charge on any atom is -0.493 e. The Morgan fingerprint density at radius 3 is 2.86 bits per heavy atom. The van der Waals surface area contributed by atoms with Crippen LogP contribution in [0.2, 0.25) is 0 Å². The van der Waals surface area contributed by atoms with Crippen molar-refractivity contribution in [2.45, 2.75) is 30.2 Å². The number of sulfonamides is 1. The summed E-state index contributed by atoms with van der Waals surface area (Å²) >= 11 is 0. The number of fused-ring (bicyclic) bond motifs is 2. The number of rotatable bonds is 3. The Morgan fingerprint density at radius 1 is 1.17 bits per heavy atom. The predicted molar refractivity (Wildman–Crippen MR) is 108 cm³/mol. The maximum absolute atomic E-state index is 13.4. The Hall–Kier alpha value is -2.71. The SMILES string of the molecule is Cn1c(C2CCCN2S(=O)(=O)c2ccc3c(c2)CCO3)nc2ccccc2c1=O. The van der Waals surface area contributed by atoms with E-state index in [9.17, 15) is 13.2 Å². The van der Waals surface area contributed by atoms with Gasteiger partial charge in [0.1, 0.15) is 11.6 Å². The molecule has 1 aromatic heterocycles. The number of hydrogen-bond acceptors (Lipinski definition) is 5. The molecule has 1 unspecified atom stereocenters. The summed E-state index contributed by atoms with van der Waals surface area (Å²) in [5, 5.41) is 0.532. The van der Waals surface area contributed by atoms with Crippen LogP contribution in [-0.4, -0.2) is 35.4 Å². The van der Waals surface area contributed by atoms with Crippen LogP contribution in [0.25, 0.3) is 10.9 Å². The van der Waals surface area contributed by atoms with Crippen molar-refractivity contribution in [2.24, 2.45) is 7.05 Å². The zero-order chi connectivity index (χ0) is 20.2. The van der Waals surface area contributed by atoms with Gasteiger partial charge < -0.3 is 4.74 Å². The van der Waals surface area contributed by atoms with Gasteiger partial charge in [0.15, 0.2) is 0 Å². The second-order valence-electron chi connectivity index (χ2n) is 7.49. The fourth-order valence-corrected chi connectivity index (χ4v) is 5.98. The molecule has 0 saturated carbocycles. The van der Waals surface area contributed by atoms with Crippen molar-refractivity contribution in [3.8, 4) is 5.75 Å². The Balaban J connectivity index is 1.59. The van der Waals surface area contributed by atoms with Crippen molar-refractivity contribution in [1.29, 1.82) is 0 Å². The van der Waals surface area contributed by atoms with Crippen LogP contribution in [0.3, 0.4) is 0 Å². The number of benzene rings is 2. The first-order chi connectivity index (χ1) is 14.0.